The second-order valence-corrected chi connectivity index (χ2v) is 11.7. The summed E-state index contributed by atoms with van der Waals surface area (Å²) in [7, 11) is 1.41. The van der Waals surface area contributed by atoms with Crippen molar-refractivity contribution in [2.75, 3.05) is 38.2 Å². The fourth-order valence-electron chi connectivity index (χ4n) is 5.85. The van der Waals surface area contributed by atoms with Crippen molar-refractivity contribution in [2.45, 2.75) is 85.6 Å². The molecule has 0 radical (unpaired) electrons. The van der Waals surface area contributed by atoms with Crippen LogP contribution in [0, 0.1) is 5.92 Å². The van der Waals surface area contributed by atoms with Gasteiger partial charge in [-0.1, -0.05) is 64.3 Å². The van der Waals surface area contributed by atoms with Gasteiger partial charge in [0.1, 0.15) is 0 Å². The lowest BCUT2D eigenvalue weighted by Crippen LogP contribution is -2.51. The van der Waals surface area contributed by atoms with Gasteiger partial charge in [-0.25, -0.2) is 4.79 Å². The number of allylic oxidation sites excluding steroid dienone is 3. The third-order valence-electron chi connectivity index (χ3n) is 8.63. The predicted molar refractivity (Wildman–Crippen MR) is 187 cm³/mol. The maximum Gasteiger partial charge on any atom is 0.337 e. The van der Waals surface area contributed by atoms with Gasteiger partial charge in [-0.05, 0) is 62.4 Å². The molecule has 3 aromatic rings. The Morgan fingerprint density at radius 3 is 2.33 bits per heavy atom. The molecule has 1 amide bonds. The van der Waals surface area contributed by atoms with E-state index in [1.807, 2.05) is 54.6 Å². The number of aromatic nitrogens is 2. The molecule has 0 spiro atoms. The van der Waals surface area contributed by atoms with E-state index >= 15 is 0 Å². The summed E-state index contributed by atoms with van der Waals surface area (Å²) in [5, 5.41) is 1.16. The highest BCUT2D eigenvalue weighted by molar-refractivity contribution is 5.96. The first kappa shape index (κ1) is 35.6. The molecule has 45 heavy (non-hydrogen) atoms. The molecule has 2 aromatic heterocycles. The Hall–Kier alpha value is -3.87. The second kappa shape index (κ2) is 18.8. The number of hydrogen-bond acceptors (Lipinski definition) is 5. The minimum absolute atomic E-state index is 0.193. The molecule has 3 heterocycles. The molecular weight excluding hydrogens is 560 g/mol. The molecule has 0 aliphatic carbocycles. The number of carbonyl (C=O) groups is 2. The smallest absolute Gasteiger partial charge is 0.337 e. The van der Waals surface area contributed by atoms with Gasteiger partial charge in [0, 0.05) is 73.8 Å². The number of hydrogen-bond donors (Lipinski definition) is 0. The van der Waals surface area contributed by atoms with E-state index in [9.17, 15) is 9.59 Å². The van der Waals surface area contributed by atoms with Crippen molar-refractivity contribution >= 4 is 28.5 Å². The number of unbranched alkanes of at least 4 members (excludes halogenated alkanes) is 2. The van der Waals surface area contributed by atoms with Gasteiger partial charge < -0.3 is 19.1 Å². The number of nitrogens with zero attached hydrogens (tertiary/aromatic N) is 4. The van der Waals surface area contributed by atoms with Gasteiger partial charge in [-0.15, -0.1) is 6.58 Å². The predicted octanol–water partition coefficient (Wildman–Crippen LogP) is 8.02. The highest BCUT2D eigenvalue weighted by Gasteiger charge is 2.29. The van der Waals surface area contributed by atoms with E-state index in [-0.39, 0.29) is 17.8 Å². The van der Waals surface area contributed by atoms with Crippen molar-refractivity contribution in [3.63, 3.8) is 0 Å². The molecule has 0 N–H and O–H groups in total. The normalized spacial score (nSPS) is 13.9. The molecule has 1 aromatic carbocycles. The van der Waals surface area contributed by atoms with Crippen LogP contribution in [0.1, 0.15) is 87.8 Å². The molecule has 7 heteroatoms. The van der Waals surface area contributed by atoms with E-state index in [1.165, 1.54) is 31.2 Å². The Bertz CT molecular complexity index is 1380. The topological polar surface area (TPSA) is 67.7 Å². The summed E-state index contributed by atoms with van der Waals surface area (Å²) in [5.41, 5.74) is 5.21. The lowest BCUT2D eigenvalue weighted by atomic mass is 10.00. The summed E-state index contributed by atoms with van der Waals surface area (Å²) >= 11 is 0. The molecule has 1 saturated heterocycles. The molecule has 1 atom stereocenters. The minimum Gasteiger partial charge on any atom is -0.465 e. The number of amides is 1. The molecule has 1 unspecified atom stereocenters. The van der Waals surface area contributed by atoms with Crippen LogP contribution in [0.2, 0.25) is 0 Å². The van der Waals surface area contributed by atoms with Crippen molar-refractivity contribution in [1.82, 2.24) is 14.5 Å². The molecule has 1 fully saturated rings. The highest BCUT2D eigenvalue weighted by atomic mass is 16.5. The zero-order valence-electron chi connectivity index (χ0n) is 28.3. The van der Waals surface area contributed by atoms with E-state index in [0.29, 0.717) is 25.2 Å². The van der Waals surface area contributed by atoms with Crippen molar-refractivity contribution < 1.29 is 14.3 Å². The number of ether oxygens (including phenoxy) is 1. The first-order valence-electron chi connectivity index (χ1n) is 16.8. The number of carbonyl (C=O) groups excluding carboxylic acids is 2. The zero-order valence-corrected chi connectivity index (χ0v) is 28.3. The van der Waals surface area contributed by atoms with Crippen LogP contribution < -0.4 is 4.90 Å². The monoisotopic (exact) mass is 614 g/mol. The van der Waals surface area contributed by atoms with Gasteiger partial charge in [0.05, 0.1) is 18.6 Å². The fraction of sp³-hybridized carbons (Fsp3) is 0.500. The molecule has 0 bridgehead atoms. The van der Waals surface area contributed by atoms with Crippen LogP contribution in [0.4, 0.5) is 5.69 Å². The Morgan fingerprint density at radius 2 is 1.73 bits per heavy atom. The molecule has 1 aliphatic heterocycles. The molecular formula is C38H54N4O3. The van der Waals surface area contributed by atoms with Crippen LogP contribution in [0.15, 0.2) is 67.5 Å². The second-order valence-electron chi connectivity index (χ2n) is 11.7. The van der Waals surface area contributed by atoms with E-state index in [0.717, 1.165) is 68.2 Å². The Labute approximate surface area is 271 Å². The first-order chi connectivity index (χ1) is 21.9. The lowest BCUT2D eigenvalue weighted by molar-refractivity contribution is -0.136. The number of benzene rings is 1. The van der Waals surface area contributed by atoms with Crippen molar-refractivity contribution in [1.29, 1.82) is 0 Å². The van der Waals surface area contributed by atoms with Crippen molar-refractivity contribution in [3.8, 4) is 0 Å². The van der Waals surface area contributed by atoms with Gasteiger partial charge in [0.2, 0.25) is 5.91 Å². The average Bonchev–Trinajstić information content (AvgIpc) is 3.38. The summed E-state index contributed by atoms with van der Waals surface area (Å²) in [5.74, 6) is -0.350. The van der Waals surface area contributed by atoms with E-state index < -0.39 is 0 Å². The van der Waals surface area contributed by atoms with Crippen LogP contribution >= 0.6 is 0 Å². The third kappa shape index (κ3) is 9.56. The molecule has 0 saturated carbocycles. The number of esters is 1. The average molecular weight is 615 g/mol. The summed E-state index contributed by atoms with van der Waals surface area (Å²) < 4.78 is 7.36. The standard InChI is InChI=1S/C34H44N4O3.C4H10/c1-5-8-11-27(33(39)37-22-20-36(21-23-37)28-16-18-35-19-17-28)25-38-31(13-10-7-3)29(12-9-6-2)30-15-14-26(24-32(30)38)34(40)41-4;1-3-4-2/h5,7,10,14-19,24,27H,1,6,8-9,11-13,20-23,25H2,2-4H3;3-4H2,1-2H3/b10-7-;. The minimum atomic E-state index is -0.351. The van der Waals surface area contributed by atoms with Gasteiger partial charge in [0.25, 0.3) is 0 Å². The van der Waals surface area contributed by atoms with Crippen LogP contribution in [-0.4, -0.2) is 59.6 Å². The maximum atomic E-state index is 14.1. The van der Waals surface area contributed by atoms with Crippen LogP contribution in [0.5, 0.6) is 0 Å². The Kier molecular flexibility index (Phi) is 14.9. The SMILES string of the molecule is C=CCCC(Cn1c(C/C=C\C)c(CCCC)c2ccc(C(=O)OC)cc21)C(=O)N1CCN(c2ccncc2)CC1.CCCC. The largest absolute Gasteiger partial charge is 0.465 e. The van der Waals surface area contributed by atoms with Crippen LogP contribution in [0.3, 0.4) is 0 Å². The Morgan fingerprint density at radius 1 is 1.02 bits per heavy atom. The van der Waals surface area contributed by atoms with E-state index in [1.54, 1.807) is 0 Å². The lowest BCUT2D eigenvalue weighted by Gasteiger charge is -2.37. The number of pyridine rings is 1. The van der Waals surface area contributed by atoms with Crippen molar-refractivity contribution in [2.24, 2.45) is 5.92 Å². The van der Waals surface area contributed by atoms with Crippen LogP contribution in [0.25, 0.3) is 10.9 Å². The number of fused-ring (bicyclic) bond motifs is 1. The van der Waals surface area contributed by atoms with Gasteiger partial charge in [-0.2, -0.15) is 0 Å². The number of aryl methyl sites for hydroxylation is 1. The van der Waals surface area contributed by atoms with Gasteiger partial charge >= 0.3 is 5.97 Å². The quantitative estimate of drug-likeness (QED) is 0.136. The van der Waals surface area contributed by atoms with Gasteiger partial charge in [0.15, 0.2) is 0 Å². The maximum absolute atomic E-state index is 14.1. The number of methoxy groups -OCH3 is 1. The summed E-state index contributed by atoms with van der Waals surface area (Å²) in [6.45, 7) is 16.1. The summed E-state index contributed by atoms with van der Waals surface area (Å²) in [6, 6.07) is 9.90. The first-order valence-corrected chi connectivity index (χ1v) is 16.8. The van der Waals surface area contributed by atoms with Gasteiger partial charge in [-0.3, -0.25) is 9.78 Å². The summed E-state index contributed by atoms with van der Waals surface area (Å²) in [6.07, 6.45) is 17.9. The van der Waals surface area contributed by atoms with Crippen LogP contribution in [-0.2, 0) is 28.9 Å². The van der Waals surface area contributed by atoms with E-state index in [2.05, 4.69) is 60.0 Å². The number of anilines is 1. The van der Waals surface area contributed by atoms with Crippen molar-refractivity contribution in [3.05, 3.63) is 84.4 Å². The zero-order chi connectivity index (χ0) is 32.6. The fourth-order valence-corrected chi connectivity index (χ4v) is 5.85. The number of piperazine rings is 1. The molecule has 244 valence electrons. The molecule has 7 nitrogen and oxygen atoms in total. The number of rotatable bonds is 14. The highest BCUT2D eigenvalue weighted by Crippen LogP contribution is 2.32. The third-order valence-corrected chi connectivity index (χ3v) is 8.63. The Balaban J connectivity index is 0.00000130. The summed E-state index contributed by atoms with van der Waals surface area (Å²) in [4.78, 5) is 35.0. The molecule has 1 aliphatic rings. The molecule has 4 rings (SSSR count). The van der Waals surface area contributed by atoms with E-state index in [4.69, 9.17) is 4.74 Å².